The quantitative estimate of drug-likeness (QED) is 0.242. The summed E-state index contributed by atoms with van der Waals surface area (Å²) in [6, 6.07) is 14.1. The molecule has 0 unspecified atom stereocenters. The Bertz CT molecular complexity index is 1160. The number of benzene rings is 1. The summed E-state index contributed by atoms with van der Waals surface area (Å²) >= 11 is 0. The number of esters is 1. The maximum absolute atomic E-state index is 12.7. The number of rotatable bonds is 11. The topological polar surface area (TPSA) is 151 Å². The maximum atomic E-state index is 12.7. The number of ether oxygens (including phenoxy) is 1. The van der Waals surface area contributed by atoms with Crippen LogP contribution in [0.2, 0.25) is 0 Å². The summed E-state index contributed by atoms with van der Waals surface area (Å²) in [7, 11) is 0. The van der Waals surface area contributed by atoms with Crippen molar-refractivity contribution in [3.05, 3.63) is 83.7 Å². The summed E-state index contributed by atoms with van der Waals surface area (Å²) in [6.07, 6.45) is 3.95. The zero-order valence-corrected chi connectivity index (χ0v) is 18.9. The van der Waals surface area contributed by atoms with Gasteiger partial charge in [0.1, 0.15) is 23.8 Å². The van der Waals surface area contributed by atoms with Gasteiger partial charge in [0.15, 0.2) is 0 Å². The summed E-state index contributed by atoms with van der Waals surface area (Å²) < 4.78 is 5.39. The van der Waals surface area contributed by atoms with Gasteiger partial charge < -0.3 is 25.6 Å². The molecular weight excluding hydrogens is 452 g/mol. The predicted octanol–water partition coefficient (Wildman–Crippen LogP) is 2.33. The van der Waals surface area contributed by atoms with Crippen LogP contribution < -0.4 is 10.6 Å². The van der Waals surface area contributed by atoms with Crippen molar-refractivity contribution in [1.82, 2.24) is 20.6 Å². The highest BCUT2D eigenvalue weighted by molar-refractivity contribution is 5.98. The van der Waals surface area contributed by atoms with Crippen LogP contribution in [0.5, 0.6) is 11.8 Å². The van der Waals surface area contributed by atoms with Crippen LogP contribution >= 0.6 is 0 Å². The van der Waals surface area contributed by atoms with E-state index in [2.05, 4.69) is 20.6 Å². The van der Waals surface area contributed by atoms with Crippen molar-refractivity contribution in [2.45, 2.75) is 31.9 Å². The molecule has 0 bridgehead atoms. The Morgan fingerprint density at radius 3 is 2.09 bits per heavy atom. The standard InChI is InChI=1S/C25H26N4O6/c30-21(18-10-6-14-27-22(18)31)26-13-5-4-12-20(25(34)35-16-17-8-2-1-3-9-17)29-24(33)19-11-7-15-28-23(19)32/h1-3,6-11,14-15,20H,4-5,12-13,16H2,(H,26,30)(H,27,31)(H,28,32)(H,29,33)/t20-/m0/s1. The van der Waals surface area contributed by atoms with Crippen LogP contribution in [0.1, 0.15) is 45.5 Å². The average Bonchev–Trinajstić information content (AvgIpc) is 2.87. The molecule has 1 atom stereocenters. The molecule has 0 saturated carbocycles. The number of nitrogens with one attached hydrogen (secondary N) is 2. The zero-order valence-electron chi connectivity index (χ0n) is 18.9. The molecule has 1 aromatic carbocycles. The van der Waals surface area contributed by atoms with Gasteiger partial charge in [-0.15, -0.1) is 0 Å². The summed E-state index contributed by atoms with van der Waals surface area (Å²) in [5.41, 5.74) is 0.813. The fourth-order valence-electron chi connectivity index (χ4n) is 3.23. The first-order valence-corrected chi connectivity index (χ1v) is 11.0. The van der Waals surface area contributed by atoms with E-state index in [0.29, 0.717) is 12.8 Å². The van der Waals surface area contributed by atoms with Crippen molar-refractivity contribution < 1.29 is 29.3 Å². The van der Waals surface area contributed by atoms with Crippen LogP contribution in [0.3, 0.4) is 0 Å². The van der Waals surface area contributed by atoms with E-state index in [1.54, 1.807) is 6.07 Å². The number of nitrogens with zero attached hydrogens (tertiary/aromatic N) is 2. The van der Waals surface area contributed by atoms with Gasteiger partial charge in [-0.25, -0.2) is 14.8 Å². The molecule has 35 heavy (non-hydrogen) atoms. The molecule has 10 heteroatoms. The van der Waals surface area contributed by atoms with Crippen LogP contribution in [-0.4, -0.2) is 50.6 Å². The highest BCUT2D eigenvalue weighted by atomic mass is 16.5. The van der Waals surface area contributed by atoms with Crippen molar-refractivity contribution in [1.29, 1.82) is 0 Å². The summed E-state index contributed by atoms with van der Waals surface area (Å²) in [4.78, 5) is 44.9. The van der Waals surface area contributed by atoms with Crippen molar-refractivity contribution in [3.63, 3.8) is 0 Å². The van der Waals surface area contributed by atoms with Crippen molar-refractivity contribution >= 4 is 17.8 Å². The molecule has 182 valence electrons. The zero-order chi connectivity index (χ0) is 25.0. The molecule has 3 rings (SSSR count). The Morgan fingerprint density at radius 2 is 1.46 bits per heavy atom. The highest BCUT2D eigenvalue weighted by Crippen LogP contribution is 2.14. The minimum atomic E-state index is -0.969. The minimum absolute atomic E-state index is 0.0504. The monoisotopic (exact) mass is 478 g/mol. The van der Waals surface area contributed by atoms with E-state index in [9.17, 15) is 24.6 Å². The Labute approximate surface area is 202 Å². The lowest BCUT2D eigenvalue weighted by Gasteiger charge is -2.18. The number of hydrogen-bond donors (Lipinski definition) is 4. The third-order valence-corrected chi connectivity index (χ3v) is 5.08. The number of amides is 2. The van der Waals surface area contributed by atoms with E-state index in [1.807, 2.05) is 30.3 Å². The third kappa shape index (κ3) is 7.53. The highest BCUT2D eigenvalue weighted by Gasteiger charge is 2.24. The summed E-state index contributed by atoms with van der Waals surface area (Å²) in [5, 5.41) is 24.8. The second-order valence-corrected chi connectivity index (χ2v) is 7.62. The molecule has 4 N–H and O–H groups in total. The second-order valence-electron chi connectivity index (χ2n) is 7.62. The predicted molar refractivity (Wildman–Crippen MR) is 125 cm³/mol. The first-order chi connectivity index (χ1) is 17.0. The van der Waals surface area contributed by atoms with Gasteiger partial charge in [-0.3, -0.25) is 9.59 Å². The third-order valence-electron chi connectivity index (χ3n) is 5.08. The van der Waals surface area contributed by atoms with Crippen molar-refractivity contribution in [2.75, 3.05) is 6.54 Å². The Balaban J connectivity index is 1.55. The van der Waals surface area contributed by atoms with Crippen LogP contribution in [-0.2, 0) is 16.1 Å². The average molecular weight is 479 g/mol. The molecule has 0 aliphatic heterocycles. The lowest BCUT2D eigenvalue weighted by Crippen LogP contribution is -2.42. The fraction of sp³-hybridized carbons (Fsp3) is 0.240. The SMILES string of the molecule is O=C(NCCCC[C@H](NC(=O)c1cccnc1O)C(=O)OCc1ccccc1)c1cccnc1O. The summed E-state index contributed by atoms with van der Waals surface area (Å²) in [6.45, 7) is 0.338. The first-order valence-electron chi connectivity index (χ1n) is 11.0. The largest absolute Gasteiger partial charge is 0.493 e. The molecule has 0 spiro atoms. The van der Waals surface area contributed by atoms with E-state index in [1.165, 1.54) is 30.6 Å². The van der Waals surface area contributed by atoms with Crippen molar-refractivity contribution in [2.24, 2.45) is 0 Å². The Morgan fingerprint density at radius 1 is 0.829 bits per heavy atom. The molecular formula is C25H26N4O6. The van der Waals surface area contributed by atoms with E-state index >= 15 is 0 Å². The molecule has 0 aliphatic rings. The van der Waals surface area contributed by atoms with E-state index < -0.39 is 29.7 Å². The number of carbonyl (C=O) groups is 3. The lowest BCUT2D eigenvalue weighted by atomic mass is 10.1. The van der Waals surface area contributed by atoms with Gasteiger partial charge in [0.05, 0.1) is 0 Å². The number of unbranched alkanes of at least 4 members (excludes halogenated alkanes) is 1. The molecule has 3 aromatic rings. The fourth-order valence-corrected chi connectivity index (χ4v) is 3.23. The number of hydrogen-bond acceptors (Lipinski definition) is 8. The van der Waals surface area contributed by atoms with Gasteiger partial charge in [-0.2, -0.15) is 0 Å². The van der Waals surface area contributed by atoms with Gasteiger partial charge in [-0.1, -0.05) is 30.3 Å². The number of aromatic nitrogens is 2. The number of carbonyl (C=O) groups excluding carboxylic acids is 3. The van der Waals surface area contributed by atoms with Crippen LogP contribution in [0.25, 0.3) is 0 Å². The summed E-state index contributed by atoms with van der Waals surface area (Å²) in [5.74, 6) is -2.53. The number of aromatic hydroxyl groups is 2. The van der Waals surface area contributed by atoms with E-state index in [4.69, 9.17) is 4.74 Å². The Kier molecular flexibility index (Phi) is 9.12. The van der Waals surface area contributed by atoms with Gasteiger partial charge in [0.25, 0.3) is 11.8 Å². The minimum Gasteiger partial charge on any atom is -0.493 e. The molecule has 0 aliphatic carbocycles. The van der Waals surface area contributed by atoms with Gasteiger partial charge >= 0.3 is 5.97 Å². The molecule has 0 fully saturated rings. The smallest absolute Gasteiger partial charge is 0.328 e. The normalized spacial score (nSPS) is 11.3. The van der Waals surface area contributed by atoms with Crippen LogP contribution in [0, 0.1) is 0 Å². The number of pyridine rings is 2. The van der Waals surface area contributed by atoms with E-state index in [-0.39, 0.29) is 36.6 Å². The molecule has 0 saturated heterocycles. The molecule has 0 radical (unpaired) electrons. The van der Waals surface area contributed by atoms with Gasteiger partial charge in [0.2, 0.25) is 11.8 Å². The van der Waals surface area contributed by atoms with Gasteiger partial charge in [0, 0.05) is 18.9 Å². The van der Waals surface area contributed by atoms with Crippen molar-refractivity contribution in [3.8, 4) is 11.8 Å². The molecule has 10 nitrogen and oxygen atoms in total. The molecule has 2 aromatic heterocycles. The van der Waals surface area contributed by atoms with Gasteiger partial charge in [-0.05, 0) is 49.1 Å². The Hall–Kier alpha value is -4.47. The van der Waals surface area contributed by atoms with E-state index in [0.717, 1.165) is 5.56 Å². The lowest BCUT2D eigenvalue weighted by molar-refractivity contribution is -0.147. The van der Waals surface area contributed by atoms with Crippen LogP contribution in [0.4, 0.5) is 0 Å². The maximum Gasteiger partial charge on any atom is 0.328 e. The second kappa shape index (κ2) is 12.7. The van der Waals surface area contributed by atoms with Crippen LogP contribution in [0.15, 0.2) is 67.0 Å². The first kappa shape index (κ1) is 25.2. The molecule has 2 amide bonds. The molecule has 2 heterocycles.